The van der Waals surface area contributed by atoms with Crippen LogP contribution in [0.4, 0.5) is 5.69 Å². The molecule has 0 fully saturated rings. The van der Waals surface area contributed by atoms with E-state index in [0.29, 0.717) is 6.04 Å². The van der Waals surface area contributed by atoms with Crippen molar-refractivity contribution < 1.29 is 4.74 Å². The van der Waals surface area contributed by atoms with Crippen LogP contribution in [0, 0.1) is 0 Å². The molecule has 0 aliphatic carbocycles. The Morgan fingerprint density at radius 2 is 2.22 bits per heavy atom. The highest BCUT2D eigenvalue weighted by Crippen LogP contribution is 2.30. The van der Waals surface area contributed by atoms with E-state index in [1.165, 1.54) is 12.1 Å². The van der Waals surface area contributed by atoms with E-state index in [1.54, 1.807) is 0 Å². The lowest BCUT2D eigenvalue weighted by molar-refractivity contribution is 0.322. The lowest BCUT2D eigenvalue weighted by atomic mass is 10.2. The van der Waals surface area contributed by atoms with Crippen molar-refractivity contribution in [2.24, 2.45) is 0 Å². The van der Waals surface area contributed by atoms with Crippen LogP contribution in [0.3, 0.4) is 0 Å². The van der Waals surface area contributed by atoms with Crippen molar-refractivity contribution in [3.8, 4) is 5.75 Å². The first kappa shape index (κ1) is 13.2. The van der Waals surface area contributed by atoms with Gasteiger partial charge in [-0.05, 0) is 38.4 Å². The molecule has 1 aromatic carbocycles. The number of anilines is 1. The Kier molecular flexibility index (Phi) is 4.88. The van der Waals surface area contributed by atoms with Crippen LogP contribution in [0.25, 0.3) is 0 Å². The topological polar surface area (TPSA) is 24.5 Å². The normalized spacial score (nSPS) is 16.7. The maximum atomic E-state index is 5.78. The summed E-state index contributed by atoms with van der Waals surface area (Å²) in [5, 5.41) is 3.47. The first-order valence-electron chi connectivity index (χ1n) is 7.01. The molecule has 2 rings (SSSR count). The molecular formula is C15H24N2O. The molecule has 0 spiro atoms. The molecule has 18 heavy (non-hydrogen) atoms. The minimum absolute atomic E-state index is 0.575. The fourth-order valence-electron chi connectivity index (χ4n) is 2.43. The lowest BCUT2D eigenvalue weighted by Gasteiger charge is -2.25. The third-order valence-electron chi connectivity index (χ3n) is 3.42. The fourth-order valence-corrected chi connectivity index (χ4v) is 2.43. The molecule has 0 radical (unpaired) electrons. The number of para-hydroxylation sites is 2. The average molecular weight is 248 g/mol. The second-order valence-electron chi connectivity index (χ2n) is 4.90. The summed E-state index contributed by atoms with van der Waals surface area (Å²) in [5.74, 6) is 1.03. The van der Waals surface area contributed by atoms with Gasteiger partial charge in [0.05, 0.1) is 12.3 Å². The zero-order valence-electron chi connectivity index (χ0n) is 11.5. The highest BCUT2D eigenvalue weighted by atomic mass is 16.5. The molecule has 1 unspecified atom stereocenters. The van der Waals surface area contributed by atoms with Crippen LogP contribution >= 0.6 is 0 Å². The van der Waals surface area contributed by atoms with Crippen LogP contribution in [0.1, 0.15) is 26.7 Å². The standard InChI is InChI=1S/C15H24N2O/c1-3-16-13(2)9-11-17-10-6-12-18-15-8-5-4-7-14(15)17/h4-5,7-8,13,16H,3,6,9-12H2,1-2H3. The van der Waals surface area contributed by atoms with Gasteiger partial charge in [0, 0.05) is 19.1 Å². The lowest BCUT2D eigenvalue weighted by Crippen LogP contribution is -2.32. The van der Waals surface area contributed by atoms with Crippen molar-refractivity contribution in [3.05, 3.63) is 24.3 Å². The van der Waals surface area contributed by atoms with Crippen LogP contribution in [0.5, 0.6) is 5.75 Å². The number of benzene rings is 1. The molecule has 0 saturated heterocycles. The smallest absolute Gasteiger partial charge is 0.142 e. The van der Waals surface area contributed by atoms with Crippen LogP contribution in [-0.4, -0.2) is 32.3 Å². The Bertz CT molecular complexity index is 367. The first-order valence-corrected chi connectivity index (χ1v) is 7.01. The monoisotopic (exact) mass is 248 g/mol. The Balaban J connectivity index is 1.99. The van der Waals surface area contributed by atoms with Crippen molar-refractivity contribution in [1.82, 2.24) is 5.32 Å². The quantitative estimate of drug-likeness (QED) is 0.867. The molecule has 3 heteroatoms. The van der Waals surface area contributed by atoms with Gasteiger partial charge in [0.2, 0.25) is 0 Å². The summed E-state index contributed by atoms with van der Waals surface area (Å²) in [5.41, 5.74) is 1.25. The van der Waals surface area contributed by atoms with Crippen LogP contribution in [-0.2, 0) is 0 Å². The predicted octanol–water partition coefficient (Wildman–Crippen LogP) is 2.66. The van der Waals surface area contributed by atoms with Gasteiger partial charge >= 0.3 is 0 Å². The van der Waals surface area contributed by atoms with Crippen molar-refractivity contribution in [2.75, 3.05) is 31.1 Å². The van der Waals surface area contributed by atoms with Gasteiger partial charge in [-0.2, -0.15) is 0 Å². The molecular weight excluding hydrogens is 224 g/mol. The van der Waals surface area contributed by atoms with E-state index in [9.17, 15) is 0 Å². The second-order valence-corrected chi connectivity index (χ2v) is 4.90. The average Bonchev–Trinajstić information content (AvgIpc) is 2.59. The Hall–Kier alpha value is -1.22. The van der Waals surface area contributed by atoms with E-state index >= 15 is 0 Å². The molecule has 0 amide bonds. The molecule has 1 atom stereocenters. The van der Waals surface area contributed by atoms with Gasteiger partial charge in [-0.15, -0.1) is 0 Å². The molecule has 0 bridgehead atoms. The summed E-state index contributed by atoms with van der Waals surface area (Å²) in [6, 6.07) is 8.95. The summed E-state index contributed by atoms with van der Waals surface area (Å²) in [4.78, 5) is 2.45. The summed E-state index contributed by atoms with van der Waals surface area (Å²) in [7, 11) is 0. The third kappa shape index (κ3) is 3.39. The van der Waals surface area contributed by atoms with Crippen LogP contribution in [0.2, 0.25) is 0 Å². The van der Waals surface area contributed by atoms with Crippen molar-refractivity contribution in [1.29, 1.82) is 0 Å². The minimum atomic E-state index is 0.575. The van der Waals surface area contributed by atoms with E-state index in [-0.39, 0.29) is 0 Å². The molecule has 0 saturated carbocycles. The van der Waals surface area contributed by atoms with E-state index in [0.717, 1.165) is 38.4 Å². The van der Waals surface area contributed by atoms with E-state index in [4.69, 9.17) is 4.74 Å². The number of hydrogen-bond acceptors (Lipinski definition) is 3. The molecule has 3 nitrogen and oxygen atoms in total. The largest absolute Gasteiger partial charge is 0.491 e. The SMILES string of the molecule is CCNC(C)CCN1CCCOc2ccccc21. The zero-order chi connectivity index (χ0) is 12.8. The van der Waals surface area contributed by atoms with Crippen molar-refractivity contribution in [2.45, 2.75) is 32.7 Å². The van der Waals surface area contributed by atoms with Gasteiger partial charge in [-0.3, -0.25) is 0 Å². The van der Waals surface area contributed by atoms with Crippen molar-refractivity contribution in [3.63, 3.8) is 0 Å². The van der Waals surface area contributed by atoms with Crippen molar-refractivity contribution >= 4 is 5.69 Å². The Morgan fingerprint density at radius 1 is 1.39 bits per heavy atom. The summed E-state index contributed by atoms with van der Waals surface area (Å²) in [6.07, 6.45) is 2.27. The van der Waals surface area contributed by atoms with E-state index < -0.39 is 0 Å². The van der Waals surface area contributed by atoms with E-state index in [2.05, 4.69) is 42.3 Å². The second kappa shape index (κ2) is 6.64. The number of ether oxygens (including phenoxy) is 1. The maximum absolute atomic E-state index is 5.78. The number of hydrogen-bond donors (Lipinski definition) is 1. The van der Waals surface area contributed by atoms with Gasteiger partial charge in [0.25, 0.3) is 0 Å². The minimum Gasteiger partial charge on any atom is -0.491 e. The highest BCUT2D eigenvalue weighted by molar-refractivity contribution is 5.58. The van der Waals surface area contributed by atoms with Gasteiger partial charge in [0.15, 0.2) is 0 Å². The molecule has 1 aromatic rings. The number of nitrogens with one attached hydrogen (secondary N) is 1. The number of rotatable bonds is 5. The van der Waals surface area contributed by atoms with Gasteiger partial charge < -0.3 is 15.0 Å². The third-order valence-corrected chi connectivity index (χ3v) is 3.42. The van der Waals surface area contributed by atoms with Gasteiger partial charge in [-0.1, -0.05) is 19.1 Å². The molecule has 100 valence electrons. The van der Waals surface area contributed by atoms with Crippen LogP contribution < -0.4 is 15.0 Å². The molecule has 1 aliphatic heterocycles. The number of fused-ring (bicyclic) bond motifs is 1. The highest BCUT2D eigenvalue weighted by Gasteiger charge is 2.15. The van der Waals surface area contributed by atoms with E-state index in [1.807, 2.05) is 6.07 Å². The number of nitrogens with zero attached hydrogens (tertiary/aromatic N) is 1. The Labute approximate surface area is 110 Å². The molecule has 1 N–H and O–H groups in total. The van der Waals surface area contributed by atoms with Gasteiger partial charge in [-0.25, -0.2) is 0 Å². The summed E-state index contributed by atoms with van der Waals surface area (Å²) in [6.45, 7) is 8.47. The maximum Gasteiger partial charge on any atom is 0.142 e. The fraction of sp³-hybridized carbons (Fsp3) is 0.600. The molecule has 1 aliphatic rings. The predicted molar refractivity (Wildman–Crippen MR) is 76.5 cm³/mol. The first-order chi connectivity index (χ1) is 8.81. The zero-order valence-corrected chi connectivity index (χ0v) is 11.5. The molecule has 1 heterocycles. The van der Waals surface area contributed by atoms with Gasteiger partial charge in [0.1, 0.15) is 5.75 Å². The Morgan fingerprint density at radius 3 is 3.06 bits per heavy atom. The van der Waals surface area contributed by atoms with Crippen LogP contribution in [0.15, 0.2) is 24.3 Å². The summed E-state index contributed by atoms with van der Waals surface area (Å²) < 4.78 is 5.78. The summed E-state index contributed by atoms with van der Waals surface area (Å²) >= 11 is 0. The molecule has 0 aromatic heterocycles.